The van der Waals surface area contributed by atoms with Crippen LogP contribution in [0.5, 0.6) is 0 Å². The molecule has 2 aromatic carbocycles. The first-order valence-electron chi connectivity index (χ1n) is 6.01. The molecule has 0 saturated carbocycles. The van der Waals surface area contributed by atoms with Gasteiger partial charge in [0.15, 0.2) is 5.78 Å². The number of carbonyl (C=O) groups excluding carboxylic acids is 1. The molecular formula is C16H14Cl2O. The second-order valence-electron chi connectivity index (χ2n) is 4.54. The summed E-state index contributed by atoms with van der Waals surface area (Å²) in [5.41, 5.74) is 1.41. The van der Waals surface area contributed by atoms with E-state index in [1.165, 1.54) is 0 Å². The molecule has 3 heteroatoms. The third-order valence-corrected chi connectivity index (χ3v) is 4.24. The zero-order valence-corrected chi connectivity index (χ0v) is 12.0. The first-order valence-corrected chi connectivity index (χ1v) is 6.82. The van der Waals surface area contributed by atoms with Gasteiger partial charge < -0.3 is 0 Å². The number of Topliss-reactive ketones (excluding diaryl/α,β-unsaturated/α-hetero) is 1. The minimum atomic E-state index is -1.18. The van der Waals surface area contributed by atoms with E-state index in [-0.39, 0.29) is 5.78 Å². The van der Waals surface area contributed by atoms with E-state index in [1.54, 1.807) is 19.1 Å². The molecule has 2 rings (SSSR count). The standard InChI is InChI=1S/C16H14Cl2O/c1-16(18,14(17)12-8-4-2-5-9-12)15(19)13-10-6-3-7-11-13/h2-11,14H,1H3/t14-,16-/m0/s1. The van der Waals surface area contributed by atoms with Gasteiger partial charge in [0.25, 0.3) is 0 Å². The Kier molecular flexibility index (Phi) is 4.28. The summed E-state index contributed by atoms with van der Waals surface area (Å²) in [7, 11) is 0. The fourth-order valence-corrected chi connectivity index (χ4v) is 2.40. The van der Waals surface area contributed by atoms with Crippen molar-refractivity contribution in [3.8, 4) is 0 Å². The number of alkyl halides is 2. The zero-order chi connectivity index (χ0) is 13.9. The normalized spacial score (nSPS) is 15.5. The molecule has 98 valence electrons. The van der Waals surface area contributed by atoms with Crippen molar-refractivity contribution < 1.29 is 4.79 Å². The van der Waals surface area contributed by atoms with Crippen LogP contribution in [0.2, 0.25) is 0 Å². The summed E-state index contributed by atoms with van der Waals surface area (Å²) >= 11 is 12.8. The largest absolute Gasteiger partial charge is 0.292 e. The van der Waals surface area contributed by atoms with Gasteiger partial charge in [0.05, 0.1) is 5.38 Å². The van der Waals surface area contributed by atoms with Crippen LogP contribution in [0, 0.1) is 0 Å². The smallest absolute Gasteiger partial charge is 0.185 e. The van der Waals surface area contributed by atoms with Crippen LogP contribution < -0.4 is 0 Å². The maximum atomic E-state index is 12.5. The van der Waals surface area contributed by atoms with Crippen LogP contribution >= 0.6 is 23.2 Å². The van der Waals surface area contributed by atoms with Gasteiger partial charge in [-0.05, 0) is 12.5 Å². The van der Waals surface area contributed by atoms with E-state index in [4.69, 9.17) is 23.2 Å². The summed E-state index contributed by atoms with van der Waals surface area (Å²) in [5, 5.41) is -0.580. The molecule has 0 aromatic heterocycles. The molecule has 0 fully saturated rings. The molecule has 2 atom stereocenters. The Morgan fingerprint density at radius 2 is 1.47 bits per heavy atom. The molecular weight excluding hydrogens is 279 g/mol. The highest BCUT2D eigenvalue weighted by molar-refractivity contribution is 6.43. The predicted octanol–water partition coefficient (Wildman–Crippen LogP) is 4.85. The SMILES string of the molecule is C[C@@](Cl)(C(=O)c1ccccc1)[C@@H](Cl)c1ccccc1. The minimum absolute atomic E-state index is 0.168. The van der Waals surface area contributed by atoms with Gasteiger partial charge in [-0.3, -0.25) is 4.79 Å². The van der Waals surface area contributed by atoms with Crippen LogP contribution in [0.1, 0.15) is 28.2 Å². The maximum absolute atomic E-state index is 12.5. The highest BCUT2D eigenvalue weighted by atomic mass is 35.5. The van der Waals surface area contributed by atoms with Crippen molar-refractivity contribution in [3.05, 3.63) is 71.8 Å². The fraction of sp³-hybridized carbons (Fsp3) is 0.188. The van der Waals surface area contributed by atoms with Gasteiger partial charge in [0.1, 0.15) is 4.87 Å². The van der Waals surface area contributed by atoms with Gasteiger partial charge in [-0.1, -0.05) is 60.7 Å². The Hall–Kier alpha value is -1.31. The Balaban J connectivity index is 2.30. The number of rotatable bonds is 4. The van der Waals surface area contributed by atoms with Crippen molar-refractivity contribution >= 4 is 29.0 Å². The summed E-state index contributed by atoms with van der Waals surface area (Å²) in [6.45, 7) is 1.66. The van der Waals surface area contributed by atoms with Crippen LogP contribution in [0.15, 0.2) is 60.7 Å². The predicted molar refractivity (Wildman–Crippen MR) is 80.1 cm³/mol. The van der Waals surface area contributed by atoms with E-state index in [1.807, 2.05) is 48.5 Å². The Morgan fingerprint density at radius 3 is 2.00 bits per heavy atom. The van der Waals surface area contributed by atoms with Crippen molar-refractivity contribution in [2.24, 2.45) is 0 Å². The molecule has 0 saturated heterocycles. The molecule has 0 heterocycles. The van der Waals surface area contributed by atoms with Crippen molar-refractivity contribution in [3.63, 3.8) is 0 Å². The lowest BCUT2D eigenvalue weighted by Crippen LogP contribution is -2.33. The van der Waals surface area contributed by atoms with E-state index in [9.17, 15) is 4.79 Å². The number of halogens is 2. The topological polar surface area (TPSA) is 17.1 Å². The maximum Gasteiger partial charge on any atom is 0.185 e. The fourth-order valence-electron chi connectivity index (χ4n) is 1.92. The van der Waals surface area contributed by atoms with Crippen LogP contribution in [0.4, 0.5) is 0 Å². The van der Waals surface area contributed by atoms with Gasteiger partial charge >= 0.3 is 0 Å². The molecule has 1 nitrogen and oxygen atoms in total. The first kappa shape index (κ1) is 14.1. The summed E-state index contributed by atoms with van der Waals surface area (Å²) in [5.74, 6) is -0.168. The third-order valence-electron chi connectivity index (χ3n) is 3.05. The van der Waals surface area contributed by atoms with Crippen LogP contribution in [-0.2, 0) is 0 Å². The van der Waals surface area contributed by atoms with Gasteiger partial charge in [0, 0.05) is 5.56 Å². The quantitative estimate of drug-likeness (QED) is 0.582. The first-order chi connectivity index (χ1) is 9.03. The molecule has 0 unspecified atom stereocenters. The van der Waals surface area contributed by atoms with E-state index in [2.05, 4.69) is 0 Å². The van der Waals surface area contributed by atoms with Crippen molar-refractivity contribution in [2.45, 2.75) is 17.2 Å². The molecule has 0 aliphatic carbocycles. The number of hydrogen-bond acceptors (Lipinski definition) is 1. The monoisotopic (exact) mass is 292 g/mol. The number of hydrogen-bond donors (Lipinski definition) is 0. The summed E-state index contributed by atoms with van der Waals surface area (Å²) < 4.78 is 0. The summed E-state index contributed by atoms with van der Waals surface area (Å²) in [6, 6.07) is 18.4. The molecule has 0 aliphatic rings. The van der Waals surface area contributed by atoms with E-state index < -0.39 is 10.3 Å². The number of benzene rings is 2. The van der Waals surface area contributed by atoms with E-state index in [0.717, 1.165) is 5.56 Å². The Morgan fingerprint density at radius 1 is 1.00 bits per heavy atom. The summed E-state index contributed by atoms with van der Waals surface area (Å²) in [6.07, 6.45) is 0. The Labute approximate surface area is 123 Å². The molecule has 0 radical (unpaired) electrons. The number of ketones is 1. The number of carbonyl (C=O) groups is 1. The molecule has 0 amide bonds. The lowest BCUT2D eigenvalue weighted by Gasteiger charge is -2.26. The Bertz CT molecular complexity index is 549. The zero-order valence-electron chi connectivity index (χ0n) is 10.5. The van der Waals surface area contributed by atoms with Crippen molar-refractivity contribution in [1.29, 1.82) is 0 Å². The minimum Gasteiger partial charge on any atom is -0.292 e. The second-order valence-corrected chi connectivity index (χ2v) is 5.77. The molecule has 0 spiro atoms. The van der Waals surface area contributed by atoms with Gasteiger partial charge in [-0.2, -0.15) is 0 Å². The molecule has 0 aliphatic heterocycles. The van der Waals surface area contributed by atoms with E-state index in [0.29, 0.717) is 5.56 Å². The second kappa shape index (κ2) is 5.77. The lowest BCUT2D eigenvalue weighted by molar-refractivity contribution is 0.0944. The lowest BCUT2D eigenvalue weighted by atomic mass is 9.91. The molecule has 19 heavy (non-hydrogen) atoms. The molecule has 0 bridgehead atoms. The van der Waals surface area contributed by atoms with Crippen molar-refractivity contribution in [2.75, 3.05) is 0 Å². The van der Waals surface area contributed by atoms with Crippen LogP contribution in [-0.4, -0.2) is 10.7 Å². The molecule has 2 aromatic rings. The van der Waals surface area contributed by atoms with Gasteiger partial charge in [0.2, 0.25) is 0 Å². The highest BCUT2D eigenvalue weighted by Crippen LogP contribution is 2.39. The van der Waals surface area contributed by atoms with Crippen molar-refractivity contribution in [1.82, 2.24) is 0 Å². The average molecular weight is 293 g/mol. The highest BCUT2D eigenvalue weighted by Gasteiger charge is 2.39. The van der Waals surface area contributed by atoms with Gasteiger partial charge in [-0.15, -0.1) is 23.2 Å². The molecule has 0 N–H and O–H groups in total. The van der Waals surface area contributed by atoms with E-state index >= 15 is 0 Å². The van der Waals surface area contributed by atoms with Crippen LogP contribution in [0.3, 0.4) is 0 Å². The third kappa shape index (κ3) is 2.99. The van der Waals surface area contributed by atoms with Crippen LogP contribution in [0.25, 0.3) is 0 Å². The average Bonchev–Trinajstić information content (AvgIpc) is 2.47. The summed E-state index contributed by atoms with van der Waals surface area (Å²) in [4.78, 5) is 11.3. The van der Waals surface area contributed by atoms with Gasteiger partial charge in [-0.25, -0.2) is 0 Å².